The molecule has 1 rings (SSSR count). The van der Waals surface area contributed by atoms with Crippen molar-refractivity contribution in [1.82, 2.24) is 0 Å². The third-order valence-corrected chi connectivity index (χ3v) is 1.98. The predicted molar refractivity (Wildman–Crippen MR) is 60.2 cm³/mol. The topological polar surface area (TPSA) is 20.2 Å². The molecule has 0 radical (unpaired) electrons. The average Bonchev–Trinajstić information content (AvgIpc) is 2.13. The smallest absolute Gasteiger partial charge is 0.0626 e. The molecular formula is C13H18O. The fourth-order valence-electron chi connectivity index (χ4n) is 1.21. The highest BCUT2D eigenvalue weighted by Crippen LogP contribution is 2.08. The molecule has 0 atom stereocenters. The first-order valence-electron chi connectivity index (χ1n) is 4.99. The van der Waals surface area contributed by atoms with Crippen LogP contribution < -0.4 is 0 Å². The molecule has 1 N–H and O–H groups in total. The van der Waals surface area contributed by atoms with Crippen molar-refractivity contribution in [1.29, 1.82) is 0 Å². The van der Waals surface area contributed by atoms with E-state index in [-0.39, 0.29) is 0 Å². The minimum atomic E-state index is -0.590. The van der Waals surface area contributed by atoms with E-state index >= 15 is 0 Å². The fraction of sp³-hybridized carbons (Fsp3) is 0.385. The maximum Gasteiger partial charge on any atom is 0.0626 e. The van der Waals surface area contributed by atoms with Crippen LogP contribution in [-0.2, 0) is 6.42 Å². The van der Waals surface area contributed by atoms with Crippen LogP contribution in [0.3, 0.4) is 0 Å². The van der Waals surface area contributed by atoms with Crippen LogP contribution >= 0.6 is 0 Å². The summed E-state index contributed by atoms with van der Waals surface area (Å²) in [5, 5.41) is 9.46. The molecular weight excluding hydrogens is 172 g/mol. The second kappa shape index (κ2) is 4.97. The highest BCUT2D eigenvalue weighted by molar-refractivity contribution is 5.17. The Kier molecular flexibility index (Phi) is 3.90. The zero-order valence-electron chi connectivity index (χ0n) is 8.90. The molecule has 0 spiro atoms. The predicted octanol–water partition coefficient (Wildman–Crippen LogP) is 2.95. The van der Waals surface area contributed by atoms with Gasteiger partial charge in [0.25, 0.3) is 0 Å². The van der Waals surface area contributed by atoms with Gasteiger partial charge in [0, 0.05) is 0 Å². The van der Waals surface area contributed by atoms with Crippen LogP contribution in [0.15, 0.2) is 42.5 Å². The summed E-state index contributed by atoms with van der Waals surface area (Å²) < 4.78 is 0. The first-order valence-corrected chi connectivity index (χ1v) is 4.99. The number of benzene rings is 1. The SMILES string of the molecule is CC(C)(O)C/C=C/Cc1ccccc1. The Balaban J connectivity index is 2.35. The highest BCUT2D eigenvalue weighted by atomic mass is 16.3. The van der Waals surface area contributed by atoms with Gasteiger partial charge in [0.05, 0.1) is 5.60 Å². The lowest BCUT2D eigenvalue weighted by Gasteiger charge is -2.13. The van der Waals surface area contributed by atoms with Gasteiger partial charge >= 0.3 is 0 Å². The number of rotatable bonds is 4. The molecule has 0 amide bonds. The Labute approximate surface area is 86.1 Å². The third-order valence-electron chi connectivity index (χ3n) is 1.98. The van der Waals surface area contributed by atoms with E-state index in [4.69, 9.17) is 0 Å². The lowest BCUT2D eigenvalue weighted by Crippen LogP contribution is -2.16. The fourth-order valence-corrected chi connectivity index (χ4v) is 1.21. The molecule has 0 saturated carbocycles. The Morgan fingerprint density at radius 1 is 1.14 bits per heavy atom. The summed E-state index contributed by atoms with van der Waals surface area (Å²) in [5.74, 6) is 0. The minimum absolute atomic E-state index is 0.590. The molecule has 0 aliphatic heterocycles. The Bertz CT molecular complexity index is 280. The standard InChI is InChI=1S/C13H18O/c1-13(2,14)11-7-6-10-12-8-4-3-5-9-12/h3-9,14H,10-11H2,1-2H3/b7-6+. The highest BCUT2D eigenvalue weighted by Gasteiger charge is 2.08. The molecule has 0 saturated heterocycles. The number of hydrogen-bond acceptors (Lipinski definition) is 1. The first kappa shape index (κ1) is 11.0. The van der Waals surface area contributed by atoms with Gasteiger partial charge < -0.3 is 5.11 Å². The van der Waals surface area contributed by atoms with Crippen LogP contribution in [0.1, 0.15) is 25.8 Å². The molecule has 0 aliphatic carbocycles. The van der Waals surface area contributed by atoms with Crippen LogP contribution in [0.25, 0.3) is 0 Å². The van der Waals surface area contributed by atoms with Gasteiger partial charge in [-0.2, -0.15) is 0 Å². The summed E-state index contributed by atoms with van der Waals surface area (Å²) in [6, 6.07) is 10.3. The summed E-state index contributed by atoms with van der Waals surface area (Å²) in [6.45, 7) is 3.64. The van der Waals surface area contributed by atoms with Crippen molar-refractivity contribution in [2.45, 2.75) is 32.3 Å². The van der Waals surface area contributed by atoms with Gasteiger partial charge in [-0.05, 0) is 32.3 Å². The third kappa shape index (κ3) is 4.83. The summed E-state index contributed by atoms with van der Waals surface area (Å²) in [4.78, 5) is 0. The molecule has 1 nitrogen and oxygen atoms in total. The summed E-state index contributed by atoms with van der Waals surface area (Å²) in [7, 11) is 0. The van der Waals surface area contributed by atoms with Crippen LogP contribution in [0.2, 0.25) is 0 Å². The minimum Gasteiger partial charge on any atom is -0.390 e. The monoisotopic (exact) mass is 190 g/mol. The average molecular weight is 190 g/mol. The van der Waals surface area contributed by atoms with Crippen molar-refractivity contribution in [2.24, 2.45) is 0 Å². The quantitative estimate of drug-likeness (QED) is 0.724. The van der Waals surface area contributed by atoms with Crippen molar-refractivity contribution in [2.75, 3.05) is 0 Å². The first-order chi connectivity index (χ1) is 6.58. The van der Waals surface area contributed by atoms with E-state index in [1.807, 2.05) is 38.1 Å². The molecule has 0 aliphatic rings. The van der Waals surface area contributed by atoms with E-state index in [9.17, 15) is 5.11 Å². The summed E-state index contributed by atoms with van der Waals surface area (Å²) >= 11 is 0. The van der Waals surface area contributed by atoms with E-state index in [1.54, 1.807) is 0 Å². The van der Waals surface area contributed by atoms with Crippen LogP contribution in [0, 0.1) is 0 Å². The lowest BCUT2D eigenvalue weighted by atomic mass is 10.0. The normalized spacial score (nSPS) is 12.2. The lowest BCUT2D eigenvalue weighted by molar-refractivity contribution is 0.0838. The molecule has 0 aromatic heterocycles. The Morgan fingerprint density at radius 2 is 1.79 bits per heavy atom. The molecule has 1 aromatic rings. The van der Waals surface area contributed by atoms with E-state index in [2.05, 4.69) is 18.2 Å². The molecule has 0 heterocycles. The Hall–Kier alpha value is -1.08. The van der Waals surface area contributed by atoms with E-state index in [1.165, 1.54) is 5.56 Å². The molecule has 0 fully saturated rings. The molecule has 1 heteroatoms. The molecule has 0 unspecified atom stereocenters. The van der Waals surface area contributed by atoms with Gasteiger partial charge in [-0.3, -0.25) is 0 Å². The van der Waals surface area contributed by atoms with Gasteiger partial charge in [-0.15, -0.1) is 0 Å². The number of allylic oxidation sites excluding steroid dienone is 1. The largest absolute Gasteiger partial charge is 0.390 e. The van der Waals surface area contributed by atoms with Gasteiger partial charge in [-0.1, -0.05) is 42.5 Å². The summed E-state index contributed by atoms with van der Waals surface area (Å²) in [6.07, 6.45) is 5.79. The number of aliphatic hydroxyl groups is 1. The molecule has 76 valence electrons. The van der Waals surface area contributed by atoms with Crippen molar-refractivity contribution in [3.63, 3.8) is 0 Å². The van der Waals surface area contributed by atoms with Crippen LogP contribution in [0.4, 0.5) is 0 Å². The van der Waals surface area contributed by atoms with Gasteiger partial charge in [-0.25, -0.2) is 0 Å². The van der Waals surface area contributed by atoms with Crippen molar-refractivity contribution in [3.8, 4) is 0 Å². The zero-order valence-corrected chi connectivity index (χ0v) is 8.90. The molecule has 1 aromatic carbocycles. The second-order valence-corrected chi connectivity index (χ2v) is 4.18. The zero-order chi connectivity index (χ0) is 10.4. The van der Waals surface area contributed by atoms with Gasteiger partial charge in [0.15, 0.2) is 0 Å². The van der Waals surface area contributed by atoms with Gasteiger partial charge in [0.1, 0.15) is 0 Å². The Morgan fingerprint density at radius 3 is 2.36 bits per heavy atom. The van der Waals surface area contributed by atoms with Crippen LogP contribution in [0.5, 0.6) is 0 Å². The van der Waals surface area contributed by atoms with Crippen molar-refractivity contribution < 1.29 is 5.11 Å². The van der Waals surface area contributed by atoms with E-state index < -0.39 is 5.60 Å². The van der Waals surface area contributed by atoms with E-state index in [0.717, 1.165) is 6.42 Å². The van der Waals surface area contributed by atoms with E-state index in [0.29, 0.717) is 6.42 Å². The van der Waals surface area contributed by atoms with Crippen LogP contribution in [-0.4, -0.2) is 10.7 Å². The van der Waals surface area contributed by atoms with Crippen molar-refractivity contribution >= 4 is 0 Å². The second-order valence-electron chi connectivity index (χ2n) is 4.18. The maximum atomic E-state index is 9.46. The summed E-state index contributed by atoms with van der Waals surface area (Å²) in [5.41, 5.74) is 0.715. The molecule has 0 bridgehead atoms. The molecule has 14 heavy (non-hydrogen) atoms. The van der Waals surface area contributed by atoms with Crippen molar-refractivity contribution in [3.05, 3.63) is 48.0 Å². The maximum absolute atomic E-state index is 9.46. The number of hydrogen-bond donors (Lipinski definition) is 1. The van der Waals surface area contributed by atoms with Gasteiger partial charge in [0.2, 0.25) is 0 Å².